The second kappa shape index (κ2) is 3.80. The average molecular weight is 182 g/mol. The maximum Gasteiger partial charge on any atom is 0.112 e. The zero-order chi connectivity index (χ0) is 9.80. The van der Waals surface area contributed by atoms with Gasteiger partial charge in [-0.3, -0.25) is 0 Å². The summed E-state index contributed by atoms with van der Waals surface area (Å²) in [6, 6.07) is 9.92. The summed E-state index contributed by atoms with van der Waals surface area (Å²) in [5.41, 5.74) is 1.95. The highest BCUT2D eigenvalue weighted by Crippen LogP contribution is 1.97. The molecule has 0 aliphatic heterocycles. The van der Waals surface area contributed by atoms with Crippen LogP contribution in [0.4, 0.5) is 0 Å². The van der Waals surface area contributed by atoms with E-state index < -0.39 is 0 Å². The van der Waals surface area contributed by atoms with Gasteiger partial charge in [0, 0.05) is 12.6 Å². The SMILES string of the molecule is Cn1cncc1C#Cc1ccccc1. The van der Waals surface area contributed by atoms with Gasteiger partial charge in [0.2, 0.25) is 0 Å². The lowest BCUT2D eigenvalue weighted by Gasteiger charge is -1.90. The number of imidazole rings is 1. The standard InChI is InChI=1S/C12H10N2/c1-14-10-13-9-12(14)8-7-11-5-3-2-4-6-11/h2-6,9-10H,1H3. The van der Waals surface area contributed by atoms with Gasteiger partial charge in [-0.1, -0.05) is 24.1 Å². The topological polar surface area (TPSA) is 17.8 Å². The molecule has 14 heavy (non-hydrogen) atoms. The van der Waals surface area contributed by atoms with E-state index in [4.69, 9.17) is 0 Å². The van der Waals surface area contributed by atoms with Gasteiger partial charge >= 0.3 is 0 Å². The van der Waals surface area contributed by atoms with E-state index in [1.165, 1.54) is 0 Å². The fraction of sp³-hybridized carbons (Fsp3) is 0.0833. The Balaban J connectivity index is 2.28. The molecule has 68 valence electrons. The minimum atomic E-state index is 0.925. The molecule has 0 saturated heterocycles. The summed E-state index contributed by atoms with van der Waals surface area (Å²) in [6.45, 7) is 0. The molecule has 1 aromatic carbocycles. The van der Waals surface area contributed by atoms with E-state index in [9.17, 15) is 0 Å². The van der Waals surface area contributed by atoms with Crippen molar-refractivity contribution in [3.63, 3.8) is 0 Å². The molecule has 0 aliphatic rings. The highest BCUT2D eigenvalue weighted by atomic mass is 15.0. The lowest BCUT2D eigenvalue weighted by atomic mass is 10.2. The van der Waals surface area contributed by atoms with Gasteiger partial charge in [0.05, 0.1) is 12.5 Å². The molecule has 2 aromatic rings. The van der Waals surface area contributed by atoms with E-state index in [1.807, 2.05) is 41.9 Å². The third kappa shape index (κ3) is 1.83. The average Bonchev–Trinajstić information content (AvgIpc) is 2.63. The first kappa shape index (κ1) is 8.58. The van der Waals surface area contributed by atoms with Crippen LogP contribution in [0.15, 0.2) is 42.9 Å². The Bertz CT molecular complexity index is 472. The van der Waals surface area contributed by atoms with Crippen LogP contribution in [0, 0.1) is 11.8 Å². The summed E-state index contributed by atoms with van der Waals surface area (Å²) in [4.78, 5) is 3.99. The zero-order valence-electron chi connectivity index (χ0n) is 7.94. The van der Waals surface area contributed by atoms with Crippen LogP contribution in [0.2, 0.25) is 0 Å². The van der Waals surface area contributed by atoms with E-state index in [-0.39, 0.29) is 0 Å². The Labute approximate surface area is 83.2 Å². The number of aromatic nitrogens is 2. The fourth-order valence-electron chi connectivity index (χ4n) is 1.14. The normalized spacial score (nSPS) is 9.21. The molecular formula is C12H10N2. The molecule has 1 aromatic heterocycles. The monoisotopic (exact) mass is 182 g/mol. The van der Waals surface area contributed by atoms with Crippen LogP contribution in [-0.4, -0.2) is 9.55 Å². The van der Waals surface area contributed by atoms with Crippen molar-refractivity contribution in [3.8, 4) is 11.8 Å². The molecular weight excluding hydrogens is 172 g/mol. The summed E-state index contributed by atoms with van der Waals surface area (Å²) in [5.74, 6) is 6.14. The fourth-order valence-corrected chi connectivity index (χ4v) is 1.14. The van der Waals surface area contributed by atoms with E-state index in [0.717, 1.165) is 11.3 Å². The van der Waals surface area contributed by atoms with E-state index in [1.54, 1.807) is 12.5 Å². The van der Waals surface area contributed by atoms with Crippen molar-refractivity contribution >= 4 is 0 Å². The first-order valence-corrected chi connectivity index (χ1v) is 4.39. The van der Waals surface area contributed by atoms with Crippen LogP contribution in [0.25, 0.3) is 0 Å². The van der Waals surface area contributed by atoms with E-state index in [0.29, 0.717) is 0 Å². The largest absolute Gasteiger partial charge is 0.327 e. The first-order valence-electron chi connectivity index (χ1n) is 4.39. The molecule has 0 radical (unpaired) electrons. The predicted molar refractivity (Wildman–Crippen MR) is 55.6 cm³/mol. The van der Waals surface area contributed by atoms with Gasteiger partial charge in [0.15, 0.2) is 0 Å². The molecule has 0 unspecified atom stereocenters. The van der Waals surface area contributed by atoms with Crippen molar-refractivity contribution in [1.29, 1.82) is 0 Å². The number of hydrogen-bond acceptors (Lipinski definition) is 1. The molecule has 0 bridgehead atoms. The minimum Gasteiger partial charge on any atom is -0.327 e. The van der Waals surface area contributed by atoms with Gasteiger partial charge in [-0.15, -0.1) is 0 Å². The van der Waals surface area contributed by atoms with Gasteiger partial charge in [-0.2, -0.15) is 0 Å². The maximum absolute atomic E-state index is 3.99. The van der Waals surface area contributed by atoms with Crippen molar-refractivity contribution in [2.75, 3.05) is 0 Å². The molecule has 0 amide bonds. The van der Waals surface area contributed by atoms with Gasteiger partial charge in [-0.25, -0.2) is 4.98 Å². The summed E-state index contributed by atoms with van der Waals surface area (Å²) in [7, 11) is 1.93. The maximum atomic E-state index is 3.99. The Morgan fingerprint density at radius 1 is 1.14 bits per heavy atom. The molecule has 0 aliphatic carbocycles. The van der Waals surface area contributed by atoms with Crippen LogP contribution in [0.1, 0.15) is 11.3 Å². The summed E-state index contributed by atoms with van der Waals surface area (Å²) >= 11 is 0. The second-order valence-corrected chi connectivity index (χ2v) is 3.01. The van der Waals surface area contributed by atoms with Crippen LogP contribution >= 0.6 is 0 Å². The number of benzene rings is 1. The van der Waals surface area contributed by atoms with Crippen molar-refractivity contribution in [1.82, 2.24) is 9.55 Å². The summed E-state index contributed by atoms with van der Waals surface area (Å²) in [6.07, 6.45) is 3.50. The minimum absolute atomic E-state index is 0.925. The molecule has 0 atom stereocenters. The Hall–Kier alpha value is -2.01. The molecule has 2 nitrogen and oxygen atoms in total. The third-order valence-electron chi connectivity index (χ3n) is 1.93. The lowest BCUT2D eigenvalue weighted by molar-refractivity contribution is 0.899. The van der Waals surface area contributed by atoms with Crippen molar-refractivity contribution in [2.45, 2.75) is 0 Å². The molecule has 0 saturated carbocycles. The van der Waals surface area contributed by atoms with Gasteiger partial charge in [-0.05, 0) is 18.1 Å². The highest BCUT2D eigenvalue weighted by Gasteiger charge is 1.90. The smallest absolute Gasteiger partial charge is 0.112 e. The van der Waals surface area contributed by atoms with E-state index in [2.05, 4.69) is 16.8 Å². The van der Waals surface area contributed by atoms with Crippen molar-refractivity contribution in [2.24, 2.45) is 7.05 Å². The van der Waals surface area contributed by atoms with Crippen LogP contribution in [-0.2, 0) is 7.05 Å². The van der Waals surface area contributed by atoms with Crippen LogP contribution in [0.5, 0.6) is 0 Å². The molecule has 0 fully saturated rings. The Morgan fingerprint density at radius 3 is 2.57 bits per heavy atom. The van der Waals surface area contributed by atoms with Gasteiger partial charge < -0.3 is 4.57 Å². The molecule has 1 heterocycles. The quantitative estimate of drug-likeness (QED) is 0.568. The number of rotatable bonds is 0. The number of hydrogen-bond donors (Lipinski definition) is 0. The molecule has 0 spiro atoms. The first-order chi connectivity index (χ1) is 6.86. The Morgan fingerprint density at radius 2 is 1.93 bits per heavy atom. The summed E-state index contributed by atoms with van der Waals surface area (Å²) < 4.78 is 1.90. The van der Waals surface area contributed by atoms with Crippen LogP contribution in [0.3, 0.4) is 0 Å². The Kier molecular flexibility index (Phi) is 2.33. The second-order valence-electron chi connectivity index (χ2n) is 3.01. The molecule has 2 rings (SSSR count). The third-order valence-corrected chi connectivity index (χ3v) is 1.93. The number of aryl methyl sites for hydroxylation is 1. The highest BCUT2D eigenvalue weighted by molar-refractivity contribution is 5.39. The van der Waals surface area contributed by atoms with Crippen LogP contribution < -0.4 is 0 Å². The molecule has 2 heteroatoms. The van der Waals surface area contributed by atoms with Crippen molar-refractivity contribution < 1.29 is 0 Å². The van der Waals surface area contributed by atoms with Gasteiger partial charge in [0.25, 0.3) is 0 Å². The number of nitrogens with zero attached hydrogens (tertiary/aromatic N) is 2. The molecule has 0 N–H and O–H groups in total. The van der Waals surface area contributed by atoms with E-state index >= 15 is 0 Å². The predicted octanol–water partition coefficient (Wildman–Crippen LogP) is 1.82. The summed E-state index contributed by atoms with van der Waals surface area (Å²) in [5, 5.41) is 0. The van der Waals surface area contributed by atoms with Crippen molar-refractivity contribution in [3.05, 3.63) is 54.1 Å². The lowest BCUT2D eigenvalue weighted by Crippen LogP contribution is -1.88. The van der Waals surface area contributed by atoms with Gasteiger partial charge in [0.1, 0.15) is 5.69 Å². The zero-order valence-corrected chi connectivity index (χ0v) is 7.94.